The molecule has 3 nitrogen and oxygen atoms in total. The van der Waals surface area contributed by atoms with Gasteiger partial charge in [0, 0.05) is 0 Å². The zero-order valence-electron chi connectivity index (χ0n) is 10.6. The minimum absolute atomic E-state index is 0.125. The van der Waals surface area contributed by atoms with Crippen molar-refractivity contribution in [3.63, 3.8) is 0 Å². The third-order valence-corrected chi connectivity index (χ3v) is 3.27. The van der Waals surface area contributed by atoms with Crippen LogP contribution in [0.5, 0.6) is 0 Å². The van der Waals surface area contributed by atoms with Gasteiger partial charge in [0.05, 0.1) is 6.61 Å². The quantitative estimate of drug-likeness (QED) is 0.726. The average Bonchev–Trinajstić information content (AvgIpc) is 2.81. The van der Waals surface area contributed by atoms with Gasteiger partial charge in [-0.15, -0.1) is 0 Å². The van der Waals surface area contributed by atoms with Gasteiger partial charge in [0.25, 0.3) is 0 Å². The molecule has 0 spiro atoms. The van der Waals surface area contributed by atoms with E-state index in [9.17, 15) is 4.79 Å². The molecule has 0 aliphatic rings. The third-order valence-electron chi connectivity index (χ3n) is 2.53. The van der Waals surface area contributed by atoms with Gasteiger partial charge < -0.3 is 10.1 Å². The lowest BCUT2D eigenvalue weighted by molar-refractivity contribution is -0.145. The van der Waals surface area contributed by atoms with E-state index in [4.69, 9.17) is 4.74 Å². The van der Waals surface area contributed by atoms with Crippen molar-refractivity contribution < 1.29 is 9.53 Å². The Labute approximate surface area is 107 Å². The lowest BCUT2D eigenvalue weighted by Gasteiger charge is -2.16. The summed E-state index contributed by atoms with van der Waals surface area (Å²) in [7, 11) is 0. The molecular weight excluding hydrogens is 234 g/mol. The van der Waals surface area contributed by atoms with E-state index in [1.165, 1.54) is 5.56 Å². The second-order valence-electron chi connectivity index (χ2n) is 3.93. The normalized spacial score (nSPS) is 12.4. The highest BCUT2D eigenvalue weighted by atomic mass is 32.1. The van der Waals surface area contributed by atoms with Crippen molar-refractivity contribution in [2.45, 2.75) is 39.2 Å². The van der Waals surface area contributed by atoms with Gasteiger partial charge in [-0.25, -0.2) is 0 Å². The summed E-state index contributed by atoms with van der Waals surface area (Å²) in [5, 5.41) is 7.49. The number of carbonyl (C=O) groups excluding carboxylic acids is 1. The van der Waals surface area contributed by atoms with Crippen LogP contribution in [0.1, 0.15) is 32.3 Å². The first-order chi connectivity index (χ1) is 8.27. The SMILES string of the molecule is CCCC(NCCc1ccsc1)C(=O)OCC. The minimum Gasteiger partial charge on any atom is -0.465 e. The van der Waals surface area contributed by atoms with Crippen molar-refractivity contribution in [2.75, 3.05) is 13.2 Å². The van der Waals surface area contributed by atoms with E-state index in [2.05, 4.69) is 29.1 Å². The predicted octanol–water partition coefficient (Wildman–Crippen LogP) is 2.61. The van der Waals surface area contributed by atoms with Gasteiger partial charge in [-0.1, -0.05) is 13.3 Å². The Bertz CT molecular complexity index is 311. The lowest BCUT2D eigenvalue weighted by Crippen LogP contribution is -2.39. The molecule has 1 rings (SSSR count). The molecule has 1 heterocycles. The Hall–Kier alpha value is -0.870. The van der Waals surface area contributed by atoms with Crippen molar-refractivity contribution in [2.24, 2.45) is 0 Å². The largest absolute Gasteiger partial charge is 0.465 e. The highest BCUT2D eigenvalue weighted by molar-refractivity contribution is 7.07. The number of carbonyl (C=O) groups is 1. The number of nitrogens with one attached hydrogen (secondary N) is 1. The van der Waals surface area contributed by atoms with Crippen LogP contribution in [0.15, 0.2) is 16.8 Å². The molecule has 1 unspecified atom stereocenters. The number of hydrogen-bond acceptors (Lipinski definition) is 4. The monoisotopic (exact) mass is 255 g/mol. The van der Waals surface area contributed by atoms with Gasteiger partial charge in [0.15, 0.2) is 0 Å². The summed E-state index contributed by atoms with van der Waals surface area (Å²) in [6, 6.07) is 1.96. The fourth-order valence-corrected chi connectivity index (χ4v) is 2.36. The summed E-state index contributed by atoms with van der Waals surface area (Å²) in [4.78, 5) is 11.6. The van der Waals surface area contributed by atoms with Gasteiger partial charge in [0.1, 0.15) is 6.04 Å². The molecule has 1 aromatic heterocycles. The third kappa shape index (κ3) is 5.33. The van der Waals surface area contributed by atoms with E-state index in [0.717, 1.165) is 25.8 Å². The van der Waals surface area contributed by atoms with Crippen LogP contribution in [0.2, 0.25) is 0 Å². The number of esters is 1. The van der Waals surface area contributed by atoms with Gasteiger partial charge in [-0.3, -0.25) is 4.79 Å². The van der Waals surface area contributed by atoms with Crippen LogP contribution in [0.25, 0.3) is 0 Å². The molecule has 17 heavy (non-hydrogen) atoms. The van der Waals surface area contributed by atoms with Crippen LogP contribution >= 0.6 is 11.3 Å². The Morgan fingerprint density at radius 2 is 2.35 bits per heavy atom. The molecule has 96 valence electrons. The molecule has 0 amide bonds. The fourth-order valence-electron chi connectivity index (χ4n) is 1.66. The van der Waals surface area contributed by atoms with E-state index in [1.807, 2.05) is 6.92 Å². The maximum atomic E-state index is 11.6. The van der Waals surface area contributed by atoms with Crippen LogP contribution in [-0.4, -0.2) is 25.2 Å². The molecule has 0 radical (unpaired) electrons. The van der Waals surface area contributed by atoms with Gasteiger partial charge in [-0.2, -0.15) is 11.3 Å². The molecule has 0 fully saturated rings. The van der Waals surface area contributed by atoms with Crippen LogP contribution in [0.3, 0.4) is 0 Å². The van der Waals surface area contributed by atoms with E-state index < -0.39 is 0 Å². The molecule has 1 atom stereocenters. The Kier molecular flexibility index (Phi) is 6.89. The Balaban J connectivity index is 2.31. The number of hydrogen-bond donors (Lipinski definition) is 1. The molecule has 0 aliphatic carbocycles. The molecule has 0 saturated heterocycles. The van der Waals surface area contributed by atoms with E-state index in [0.29, 0.717) is 6.61 Å². The molecule has 0 aromatic carbocycles. The molecular formula is C13H21NO2S. The summed E-state index contributed by atoms with van der Waals surface area (Å²) in [5.41, 5.74) is 1.32. The average molecular weight is 255 g/mol. The molecule has 1 N–H and O–H groups in total. The van der Waals surface area contributed by atoms with Gasteiger partial charge >= 0.3 is 5.97 Å². The molecule has 0 aliphatic heterocycles. The molecule has 1 aromatic rings. The van der Waals surface area contributed by atoms with Gasteiger partial charge in [-0.05, 0) is 48.7 Å². The molecule has 4 heteroatoms. The summed E-state index contributed by atoms with van der Waals surface area (Å²) >= 11 is 1.70. The number of thiophene rings is 1. The van der Waals surface area contributed by atoms with Crippen molar-refractivity contribution in [1.29, 1.82) is 0 Å². The Morgan fingerprint density at radius 1 is 1.53 bits per heavy atom. The van der Waals surface area contributed by atoms with Crippen LogP contribution in [0.4, 0.5) is 0 Å². The predicted molar refractivity (Wildman–Crippen MR) is 71.4 cm³/mol. The van der Waals surface area contributed by atoms with E-state index >= 15 is 0 Å². The summed E-state index contributed by atoms with van der Waals surface area (Å²) in [6.07, 6.45) is 2.78. The van der Waals surface area contributed by atoms with Crippen LogP contribution in [-0.2, 0) is 16.0 Å². The molecule has 0 saturated carbocycles. The molecule has 0 bridgehead atoms. The first-order valence-corrected chi connectivity index (χ1v) is 7.13. The van der Waals surface area contributed by atoms with E-state index in [1.54, 1.807) is 11.3 Å². The standard InChI is InChI=1S/C13H21NO2S/c1-3-5-12(13(15)16-4-2)14-8-6-11-7-9-17-10-11/h7,9-10,12,14H,3-6,8H2,1-2H3. The zero-order chi connectivity index (χ0) is 12.5. The smallest absolute Gasteiger partial charge is 0.323 e. The van der Waals surface area contributed by atoms with E-state index in [-0.39, 0.29) is 12.0 Å². The van der Waals surface area contributed by atoms with Crippen LogP contribution < -0.4 is 5.32 Å². The van der Waals surface area contributed by atoms with Crippen molar-refractivity contribution in [3.05, 3.63) is 22.4 Å². The highest BCUT2D eigenvalue weighted by Crippen LogP contribution is 2.06. The first kappa shape index (κ1) is 14.2. The minimum atomic E-state index is -0.154. The van der Waals surface area contributed by atoms with Crippen molar-refractivity contribution in [3.8, 4) is 0 Å². The number of ether oxygens (including phenoxy) is 1. The number of rotatable bonds is 8. The zero-order valence-corrected chi connectivity index (χ0v) is 11.4. The maximum Gasteiger partial charge on any atom is 0.323 e. The second-order valence-corrected chi connectivity index (χ2v) is 4.71. The Morgan fingerprint density at radius 3 is 2.94 bits per heavy atom. The topological polar surface area (TPSA) is 38.3 Å². The van der Waals surface area contributed by atoms with Crippen LogP contribution in [0, 0.1) is 0 Å². The summed E-state index contributed by atoms with van der Waals surface area (Å²) in [6.45, 7) is 5.19. The first-order valence-electron chi connectivity index (χ1n) is 6.19. The van der Waals surface area contributed by atoms with Crippen molar-refractivity contribution >= 4 is 17.3 Å². The van der Waals surface area contributed by atoms with Crippen molar-refractivity contribution in [1.82, 2.24) is 5.32 Å². The fraction of sp³-hybridized carbons (Fsp3) is 0.615. The highest BCUT2D eigenvalue weighted by Gasteiger charge is 2.17. The van der Waals surface area contributed by atoms with Gasteiger partial charge in [0.2, 0.25) is 0 Å². The lowest BCUT2D eigenvalue weighted by atomic mass is 10.1. The maximum absolute atomic E-state index is 11.6. The summed E-state index contributed by atoms with van der Waals surface area (Å²) < 4.78 is 5.04. The summed E-state index contributed by atoms with van der Waals surface area (Å²) in [5.74, 6) is -0.125. The second kappa shape index (κ2) is 8.25.